The van der Waals surface area contributed by atoms with Crippen molar-refractivity contribution in [2.45, 2.75) is 13.0 Å². The predicted molar refractivity (Wildman–Crippen MR) is 128 cm³/mol. The molecule has 0 amide bonds. The fourth-order valence-corrected chi connectivity index (χ4v) is 4.29. The Kier molecular flexibility index (Phi) is 5.93. The van der Waals surface area contributed by atoms with E-state index < -0.39 is 0 Å². The molecule has 0 N–H and O–H groups in total. The molecule has 0 spiro atoms. The van der Waals surface area contributed by atoms with E-state index in [-0.39, 0.29) is 11.1 Å². The molecule has 170 valence electrons. The van der Waals surface area contributed by atoms with E-state index in [0.717, 1.165) is 39.3 Å². The summed E-state index contributed by atoms with van der Waals surface area (Å²) >= 11 is 0. The molecular weight excluding hydrogens is 420 g/mol. The van der Waals surface area contributed by atoms with Gasteiger partial charge in [0.2, 0.25) is 0 Å². The van der Waals surface area contributed by atoms with Crippen molar-refractivity contribution in [1.82, 2.24) is 19.0 Å². The number of fused-ring (bicyclic) bond motifs is 2. The lowest BCUT2D eigenvalue weighted by molar-refractivity contribution is 0.0369. The molecule has 5 rings (SSSR count). The lowest BCUT2D eigenvalue weighted by Crippen LogP contribution is -2.37. The smallest absolute Gasteiger partial charge is 0.264 e. The molecule has 1 aliphatic rings. The zero-order valence-electron chi connectivity index (χ0n) is 18.6. The Morgan fingerprint density at radius 3 is 2.48 bits per heavy atom. The van der Waals surface area contributed by atoms with Crippen LogP contribution in [0, 0.1) is 0 Å². The third kappa shape index (κ3) is 4.27. The van der Waals surface area contributed by atoms with E-state index in [0.29, 0.717) is 39.8 Å². The SMILES string of the molecule is COc1cccc(-n2ccc3nc4ccn(CCCN5CCOCC5)c(=O)c4cc3c2=O)c1. The summed E-state index contributed by atoms with van der Waals surface area (Å²) in [7, 11) is 1.59. The van der Waals surface area contributed by atoms with E-state index in [1.165, 1.54) is 0 Å². The topological polar surface area (TPSA) is 78.6 Å². The Morgan fingerprint density at radius 1 is 0.939 bits per heavy atom. The van der Waals surface area contributed by atoms with Crippen molar-refractivity contribution in [3.05, 3.63) is 75.6 Å². The first-order chi connectivity index (χ1) is 16.1. The molecule has 0 radical (unpaired) electrons. The van der Waals surface area contributed by atoms with Gasteiger partial charge in [0.1, 0.15) is 5.75 Å². The first kappa shape index (κ1) is 21.4. The molecule has 1 fully saturated rings. The van der Waals surface area contributed by atoms with Gasteiger partial charge in [-0.3, -0.25) is 19.1 Å². The standard InChI is InChI=1S/C25H26N4O4/c1-32-19-5-2-4-18(16-19)29-11-7-23-21(25(29)31)17-20-22(26-23)6-10-28(24(20)30)9-3-8-27-12-14-33-15-13-27/h2,4-7,10-11,16-17H,3,8-9,12-15H2,1H3. The van der Waals surface area contributed by atoms with Crippen LogP contribution in [0.2, 0.25) is 0 Å². The first-order valence-corrected chi connectivity index (χ1v) is 11.1. The van der Waals surface area contributed by atoms with Crippen molar-refractivity contribution in [2.24, 2.45) is 0 Å². The number of morpholine rings is 1. The number of rotatable bonds is 6. The van der Waals surface area contributed by atoms with Crippen LogP contribution < -0.4 is 15.9 Å². The average Bonchev–Trinajstić information content (AvgIpc) is 2.86. The van der Waals surface area contributed by atoms with E-state index in [1.54, 1.807) is 46.8 Å². The fourth-order valence-electron chi connectivity index (χ4n) is 4.29. The van der Waals surface area contributed by atoms with Gasteiger partial charge in [0, 0.05) is 44.6 Å². The van der Waals surface area contributed by atoms with Crippen molar-refractivity contribution in [3.63, 3.8) is 0 Å². The highest BCUT2D eigenvalue weighted by molar-refractivity contribution is 5.91. The zero-order valence-corrected chi connectivity index (χ0v) is 18.6. The number of ether oxygens (including phenoxy) is 2. The number of aryl methyl sites for hydroxylation is 1. The van der Waals surface area contributed by atoms with Gasteiger partial charge in [-0.15, -0.1) is 0 Å². The molecule has 0 atom stereocenters. The second kappa shape index (κ2) is 9.17. The lowest BCUT2D eigenvalue weighted by Gasteiger charge is -2.26. The summed E-state index contributed by atoms with van der Waals surface area (Å²) in [5, 5.41) is 0.868. The Balaban J connectivity index is 1.49. The van der Waals surface area contributed by atoms with Gasteiger partial charge in [-0.1, -0.05) is 6.07 Å². The minimum Gasteiger partial charge on any atom is -0.497 e. The monoisotopic (exact) mass is 446 g/mol. The van der Waals surface area contributed by atoms with Crippen molar-refractivity contribution < 1.29 is 9.47 Å². The molecule has 4 aromatic rings. The maximum atomic E-state index is 13.3. The third-order valence-electron chi connectivity index (χ3n) is 6.12. The van der Waals surface area contributed by atoms with E-state index in [1.807, 2.05) is 24.3 Å². The fraction of sp³-hybridized carbons (Fsp3) is 0.320. The van der Waals surface area contributed by atoms with Crippen LogP contribution in [0.5, 0.6) is 5.75 Å². The van der Waals surface area contributed by atoms with Crippen LogP contribution in [0.4, 0.5) is 0 Å². The molecule has 8 nitrogen and oxygen atoms in total. The largest absolute Gasteiger partial charge is 0.497 e. The van der Waals surface area contributed by atoms with Crippen LogP contribution in [0.15, 0.2) is 64.4 Å². The van der Waals surface area contributed by atoms with Gasteiger partial charge in [-0.2, -0.15) is 0 Å². The highest BCUT2D eigenvalue weighted by atomic mass is 16.5. The summed E-state index contributed by atoms with van der Waals surface area (Å²) in [4.78, 5) is 33.4. The molecular formula is C25H26N4O4. The summed E-state index contributed by atoms with van der Waals surface area (Å²) in [5.74, 6) is 0.663. The molecule has 1 saturated heterocycles. The second-order valence-electron chi connectivity index (χ2n) is 8.17. The number of hydrogen-bond acceptors (Lipinski definition) is 6. The average molecular weight is 447 g/mol. The molecule has 0 bridgehead atoms. The van der Waals surface area contributed by atoms with Crippen LogP contribution in [-0.4, -0.2) is 59.0 Å². The summed E-state index contributed by atoms with van der Waals surface area (Å²) < 4.78 is 13.9. The molecule has 1 aromatic carbocycles. The molecule has 1 aliphatic heterocycles. The summed E-state index contributed by atoms with van der Waals surface area (Å²) in [5.41, 5.74) is 1.50. The molecule has 33 heavy (non-hydrogen) atoms. The number of aromatic nitrogens is 3. The van der Waals surface area contributed by atoms with Gasteiger partial charge in [0.25, 0.3) is 11.1 Å². The summed E-state index contributed by atoms with van der Waals surface area (Å²) in [6.45, 7) is 4.94. The first-order valence-electron chi connectivity index (χ1n) is 11.1. The third-order valence-corrected chi connectivity index (χ3v) is 6.12. The van der Waals surface area contributed by atoms with Gasteiger partial charge < -0.3 is 14.0 Å². The summed E-state index contributed by atoms with van der Waals surface area (Å²) in [6.07, 6.45) is 4.36. The van der Waals surface area contributed by atoms with Crippen molar-refractivity contribution >= 4 is 21.8 Å². The number of hydrogen-bond donors (Lipinski definition) is 0. The zero-order chi connectivity index (χ0) is 22.8. The Morgan fingerprint density at radius 2 is 1.70 bits per heavy atom. The van der Waals surface area contributed by atoms with E-state index >= 15 is 0 Å². The molecule has 4 heterocycles. The maximum Gasteiger partial charge on any atom is 0.264 e. The van der Waals surface area contributed by atoms with Crippen LogP contribution in [-0.2, 0) is 11.3 Å². The van der Waals surface area contributed by atoms with Crippen LogP contribution in [0.3, 0.4) is 0 Å². The number of methoxy groups -OCH3 is 1. The second-order valence-corrected chi connectivity index (χ2v) is 8.17. The maximum absolute atomic E-state index is 13.3. The van der Waals surface area contributed by atoms with Gasteiger partial charge in [-0.05, 0) is 36.8 Å². The van der Waals surface area contributed by atoms with Crippen LogP contribution in [0.25, 0.3) is 27.5 Å². The van der Waals surface area contributed by atoms with Gasteiger partial charge in [0.15, 0.2) is 0 Å². The van der Waals surface area contributed by atoms with E-state index in [4.69, 9.17) is 9.47 Å². The van der Waals surface area contributed by atoms with Crippen molar-refractivity contribution in [3.8, 4) is 11.4 Å². The highest BCUT2D eigenvalue weighted by Crippen LogP contribution is 2.18. The van der Waals surface area contributed by atoms with Crippen molar-refractivity contribution in [2.75, 3.05) is 40.0 Å². The molecule has 0 unspecified atom stereocenters. The highest BCUT2D eigenvalue weighted by Gasteiger charge is 2.12. The normalized spacial score (nSPS) is 14.7. The number of nitrogens with zero attached hydrogens (tertiary/aromatic N) is 4. The minimum atomic E-state index is -0.225. The number of pyridine rings is 3. The van der Waals surface area contributed by atoms with Gasteiger partial charge in [-0.25, -0.2) is 4.98 Å². The number of benzene rings is 1. The molecule has 3 aromatic heterocycles. The quantitative estimate of drug-likeness (QED) is 0.424. The minimum absolute atomic E-state index is 0.125. The molecule has 8 heteroatoms. The van der Waals surface area contributed by atoms with E-state index in [9.17, 15) is 9.59 Å². The summed E-state index contributed by atoms with van der Waals surface area (Å²) in [6, 6.07) is 12.6. The predicted octanol–water partition coefficient (Wildman–Crippen LogP) is 2.43. The molecule has 0 aliphatic carbocycles. The van der Waals surface area contributed by atoms with Gasteiger partial charge >= 0.3 is 0 Å². The Hall–Kier alpha value is -3.49. The molecule has 0 saturated carbocycles. The van der Waals surface area contributed by atoms with E-state index in [2.05, 4.69) is 9.88 Å². The van der Waals surface area contributed by atoms with Crippen LogP contribution in [0.1, 0.15) is 6.42 Å². The van der Waals surface area contributed by atoms with Crippen LogP contribution >= 0.6 is 0 Å². The van der Waals surface area contributed by atoms with Gasteiger partial charge in [0.05, 0.1) is 47.8 Å². The van der Waals surface area contributed by atoms with Crippen molar-refractivity contribution in [1.29, 1.82) is 0 Å². The Bertz CT molecular complexity index is 1420. The Labute approximate surface area is 190 Å². The lowest BCUT2D eigenvalue weighted by atomic mass is 10.2.